The Morgan fingerprint density at radius 2 is 2.06 bits per heavy atom. The Kier molecular flexibility index (Phi) is 5.43. The van der Waals surface area contributed by atoms with Crippen molar-refractivity contribution in [3.63, 3.8) is 0 Å². The van der Waals surface area contributed by atoms with E-state index in [2.05, 4.69) is 28.2 Å². The molecule has 0 radical (unpaired) electrons. The summed E-state index contributed by atoms with van der Waals surface area (Å²) in [6.45, 7) is 2.98. The Balaban J connectivity index is 1.81. The molecule has 1 amide bonds. The zero-order chi connectivity index (χ0) is 13.0. The van der Waals surface area contributed by atoms with E-state index in [1.807, 2.05) is 11.8 Å². The van der Waals surface area contributed by atoms with Crippen LogP contribution >= 0.6 is 27.7 Å². The highest BCUT2D eigenvalue weighted by Crippen LogP contribution is 2.38. The van der Waals surface area contributed by atoms with Crippen LogP contribution in [0.1, 0.15) is 45.4 Å². The standard InChI is InChI=1S/C14H24BrNOS/c1-14(7-4-8-18-14)13(17)16-10-12-6-3-2-5-11(12)9-15/h11-12H,2-10H2,1H3,(H,16,17). The fourth-order valence-corrected chi connectivity index (χ4v) is 5.21. The number of hydrogen-bond donors (Lipinski definition) is 1. The van der Waals surface area contributed by atoms with Crippen molar-refractivity contribution in [2.75, 3.05) is 17.6 Å². The van der Waals surface area contributed by atoms with Gasteiger partial charge in [-0.15, -0.1) is 11.8 Å². The van der Waals surface area contributed by atoms with Crippen molar-refractivity contribution < 1.29 is 4.79 Å². The number of hydrogen-bond acceptors (Lipinski definition) is 2. The highest BCUT2D eigenvalue weighted by atomic mass is 79.9. The smallest absolute Gasteiger partial charge is 0.235 e. The molecule has 2 rings (SSSR count). The van der Waals surface area contributed by atoms with Crippen LogP contribution in [0.2, 0.25) is 0 Å². The number of carbonyl (C=O) groups is 1. The van der Waals surface area contributed by atoms with Gasteiger partial charge in [0.2, 0.25) is 5.91 Å². The van der Waals surface area contributed by atoms with E-state index in [9.17, 15) is 4.79 Å². The van der Waals surface area contributed by atoms with E-state index in [4.69, 9.17) is 0 Å². The average molecular weight is 334 g/mol. The van der Waals surface area contributed by atoms with Crippen molar-refractivity contribution in [2.45, 2.75) is 50.2 Å². The van der Waals surface area contributed by atoms with E-state index in [0.29, 0.717) is 5.92 Å². The number of alkyl halides is 1. The molecule has 1 N–H and O–H groups in total. The summed E-state index contributed by atoms with van der Waals surface area (Å²) in [5.41, 5.74) is 0. The van der Waals surface area contributed by atoms with Gasteiger partial charge >= 0.3 is 0 Å². The maximum atomic E-state index is 12.3. The second kappa shape index (κ2) is 6.65. The van der Waals surface area contributed by atoms with Crippen molar-refractivity contribution in [2.24, 2.45) is 11.8 Å². The molecule has 18 heavy (non-hydrogen) atoms. The lowest BCUT2D eigenvalue weighted by Crippen LogP contribution is -2.43. The van der Waals surface area contributed by atoms with Crippen LogP contribution in [-0.2, 0) is 4.79 Å². The largest absolute Gasteiger partial charge is 0.355 e. The number of nitrogens with one attached hydrogen (secondary N) is 1. The third-order valence-electron chi connectivity index (χ3n) is 4.49. The zero-order valence-corrected chi connectivity index (χ0v) is 13.6. The third-order valence-corrected chi connectivity index (χ3v) is 6.84. The second-order valence-electron chi connectivity index (χ2n) is 5.85. The molecule has 1 heterocycles. The first-order valence-electron chi connectivity index (χ1n) is 7.14. The maximum absolute atomic E-state index is 12.3. The zero-order valence-electron chi connectivity index (χ0n) is 11.2. The summed E-state index contributed by atoms with van der Waals surface area (Å²) in [5, 5.41) is 4.30. The van der Waals surface area contributed by atoms with Gasteiger partial charge in [0.05, 0.1) is 4.75 Å². The molecule has 0 aromatic carbocycles. The molecule has 0 spiro atoms. The van der Waals surface area contributed by atoms with Crippen molar-refractivity contribution in [1.29, 1.82) is 0 Å². The molecule has 2 fully saturated rings. The molecule has 1 saturated heterocycles. The number of amides is 1. The van der Waals surface area contributed by atoms with Gasteiger partial charge in [0.25, 0.3) is 0 Å². The minimum Gasteiger partial charge on any atom is -0.355 e. The first-order valence-corrected chi connectivity index (χ1v) is 9.24. The number of carbonyl (C=O) groups excluding carboxylic acids is 1. The van der Waals surface area contributed by atoms with Crippen LogP contribution in [0, 0.1) is 11.8 Å². The molecule has 3 unspecified atom stereocenters. The Morgan fingerprint density at radius 1 is 1.33 bits per heavy atom. The van der Waals surface area contributed by atoms with E-state index >= 15 is 0 Å². The van der Waals surface area contributed by atoms with Crippen LogP contribution in [0.15, 0.2) is 0 Å². The Labute approximate surface area is 123 Å². The monoisotopic (exact) mass is 333 g/mol. The van der Waals surface area contributed by atoms with Gasteiger partial charge in [-0.25, -0.2) is 0 Å². The lowest BCUT2D eigenvalue weighted by Gasteiger charge is -2.31. The van der Waals surface area contributed by atoms with E-state index in [1.165, 1.54) is 32.1 Å². The van der Waals surface area contributed by atoms with Gasteiger partial charge in [-0.1, -0.05) is 28.8 Å². The minimum absolute atomic E-state index is 0.154. The summed E-state index contributed by atoms with van der Waals surface area (Å²) in [6, 6.07) is 0. The predicted octanol–water partition coefficient (Wildman–Crippen LogP) is 3.59. The summed E-state index contributed by atoms with van der Waals surface area (Å²) in [7, 11) is 0. The SMILES string of the molecule is CC1(C(=O)NCC2CCCCC2CBr)CCCS1. The second-order valence-corrected chi connectivity index (χ2v) is 8.10. The van der Waals surface area contributed by atoms with E-state index in [0.717, 1.165) is 30.0 Å². The first-order chi connectivity index (χ1) is 8.65. The van der Waals surface area contributed by atoms with Crippen LogP contribution in [0.25, 0.3) is 0 Å². The van der Waals surface area contributed by atoms with Gasteiger partial charge in [0.1, 0.15) is 0 Å². The van der Waals surface area contributed by atoms with Gasteiger partial charge in [0, 0.05) is 11.9 Å². The quantitative estimate of drug-likeness (QED) is 0.796. The van der Waals surface area contributed by atoms with Crippen molar-refractivity contribution in [3.05, 3.63) is 0 Å². The maximum Gasteiger partial charge on any atom is 0.235 e. The number of rotatable bonds is 4. The summed E-state index contributed by atoms with van der Waals surface area (Å²) in [4.78, 5) is 12.3. The van der Waals surface area contributed by atoms with E-state index in [1.54, 1.807) is 0 Å². The van der Waals surface area contributed by atoms with Crippen molar-refractivity contribution >= 4 is 33.6 Å². The number of thioether (sulfide) groups is 1. The molecular weight excluding hydrogens is 310 g/mol. The van der Waals surface area contributed by atoms with Gasteiger partial charge in [0.15, 0.2) is 0 Å². The topological polar surface area (TPSA) is 29.1 Å². The average Bonchev–Trinajstić information content (AvgIpc) is 2.84. The highest BCUT2D eigenvalue weighted by Gasteiger charge is 2.37. The molecule has 0 aromatic heterocycles. The van der Waals surface area contributed by atoms with Crippen LogP contribution in [-0.4, -0.2) is 28.3 Å². The van der Waals surface area contributed by atoms with E-state index in [-0.39, 0.29) is 10.7 Å². The Hall–Kier alpha value is 0.300. The van der Waals surface area contributed by atoms with Crippen LogP contribution in [0.4, 0.5) is 0 Å². The molecule has 1 saturated carbocycles. The molecule has 104 valence electrons. The molecule has 3 atom stereocenters. The molecule has 0 aromatic rings. The Morgan fingerprint density at radius 3 is 2.67 bits per heavy atom. The molecule has 4 heteroatoms. The van der Waals surface area contributed by atoms with Crippen LogP contribution < -0.4 is 5.32 Å². The fourth-order valence-electron chi connectivity index (χ4n) is 3.13. The summed E-state index contributed by atoms with van der Waals surface area (Å²) in [6.07, 6.45) is 7.50. The minimum atomic E-state index is -0.154. The summed E-state index contributed by atoms with van der Waals surface area (Å²) < 4.78 is -0.154. The molecule has 2 nitrogen and oxygen atoms in total. The Bertz CT molecular complexity index is 292. The first kappa shape index (κ1) is 14.7. The summed E-state index contributed by atoms with van der Waals surface area (Å²) >= 11 is 5.44. The highest BCUT2D eigenvalue weighted by molar-refractivity contribution is 9.09. The van der Waals surface area contributed by atoms with Gasteiger partial charge < -0.3 is 5.32 Å². The third kappa shape index (κ3) is 3.44. The van der Waals surface area contributed by atoms with Crippen molar-refractivity contribution in [1.82, 2.24) is 5.32 Å². The predicted molar refractivity (Wildman–Crippen MR) is 82.3 cm³/mol. The lowest BCUT2D eigenvalue weighted by molar-refractivity contribution is -0.123. The van der Waals surface area contributed by atoms with E-state index < -0.39 is 0 Å². The molecule has 1 aliphatic carbocycles. The number of halogens is 1. The molecule has 2 aliphatic rings. The fraction of sp³-hybridized carbons (Fsp3) is 0.929. The molecular formula is C14H24BrNOS. The van der Waals surface area contributed by atoms with Crippen LogP contribution in [0.5, 0.6) is 0 Å². The van der Waals surface area contributed by atoms with Gasteiger partial charge in [-0.05, 0) is 50.2 Å². The lowest BCUT2D eigenvalue weighted by atomic mass is 9.80. The van der Waals surface area contributed by atoms with Crippen molar-refractivity contribution in [3.8, 4) is 0 Å². The normalized spacial score (nSPS) is 36.6. The molecule has 1 aliphatic heterocycles. The van der Waals surface area contributed by atoms with Crippen LogP contribution in [0.3, 0.4) is 0 Å². The van der Waals surface area contributed by atoms with Gasteiger partial charge in [-0.3, -0.25) is 4.79 Å². The molecule has 0 bridgehead atoms. The van der Waals surface area contributed by atoms with Gasteiger partial charge in [-0.2, -0.15) is 0 Å². The summed E-state index contributed by atoms with van der Waals surface area (Å²) in [5.74, 6) is 2.83.